The molecule has 26 heavy (non-hydrogen) atoms. The molecule has 3 N–H and O–H groups in total. The summed E-state index contributed by atoms with van der Waals surface area (Å²) in [6.07, 6.45) is 10.6. The van der Waals surface area contributed by atoms with Gasteiger partial charge in [0.25, 0.3) is 0 Å². The number of rotatable bonds is 9. The Morgan fingerprint density at radius 1 is 0.923 bits per heavy atom. The number of benzene rings is 1. The normalized spacial score (nSPS) is 12.2. The third-order valence-corrected chi connectivity index (χ3v) is 4.27. The van der Waals surface area contributed by atoms with Gasteiger partial charge in [-0.05, 0) is 71.9 Å². The summed E-state index contributed by atoms with van der Waals surface area (Å²) in [5.41, 5.74) is 4.09. The highest BCUT2D eigenvalue weighted by Crippen LogP contribution is 2.32. The number of allylic oxidation sites excluding steroid dienone is 6. The molecular weight excluding hydrogens is 328 g/mol. The molecule has 0 aliphatic rings. The molecule has 4 nitrogen and oxygen atoms in total. The first-order chi connectivity index (χ1) is 12.2. The number of carbonyl (C=O) groups is 1. The molecule has 0 saturated carbocycles. The van der Waals surface area contributed by atoms with Crippen LogP contribution >= 0.6 is 0 Å². The van der Waals surface area contributed by atoms with Gasteiger partial charge in [-0.25, -0.2) is 4.79 Å². The molecule has 0 unspecified atom stereocenters. The molecule has 0 aliphatic carbocycles. The Kier molecular flexibility index (Phi) is 8.70. The van der Waals surface area contributed by atoms with Crippen LogP contribution in [0.15, 0.2) is 47.1 Å². The molecule has 0 heterocycles. The van der Waals surface area contributed by atoms with Crippen LogP contribution in [0.1, 0.15) is 69.3 Å². The lowest BCUT2D eigenvalue weighted by atomic mass is 10.00. The van der Waals surface area contributed by atoms with Crippen LogP contribution in [-0.4, -0.2) is 21.3 Å². The van der Waals surface area contributed by atoms with E-state index in [1.165, 1.54) is 23.3 Å². The van der Waals surface area contributed by atoms with Gasteiger partial charge in [-0.1, -0.05) is 34.9 Å². The van der Waals surface area contributed by atoms with Gasteiger partial charge in [0, 0.05) is 5.56 Å². The molecule has 0 aromatic heterocycles. The van der Waals surface area contributed by atoms with E-state index in [4.69, 9.17) is 0 Å². The second kappa shape index (κ2) is 10.5. The van der Waals surface area contributed by atoms with Gasteiger partial charge in [-0.15, -0.1) is 0 Å². The Morgan fingerprint density at radius 2 is 1.50 bits per heavy atom. The Hall–Kier alpha value is -2.49. The second-order valence-corrected chi connectivity index (χ2v) is 6.93. The van der Waals surface area contributed by atoms with Gasteiger partial charge in [-0.2, -0.15) is 0 Å². The number of phenols is 2. The minimum absolute atomic E-state index is 0.0133. The average molecular weight is 358 g/mol. The highest BCUT2D eigenvalue weighted by Gasteiger charge is 2.16. The summed E-state index contributed by atoms with van der Waals surface area (Å²) in [5, 5.41) is 28.8. The van der Waals surface area contributed by atoms with Gasteiger partial charge in [0.15, 0.2) is 11.5 Å². The van der Waals surface area contributed by atoms with Gasteiger partial charge in [0.1, 0.15) is 0 Å². The van der Waals surface area contributed by atoms with Crippen molar-refractivity contribution in [3.05, 3.63) is 58.2 Å². The van der Waals surface area contributed by atoms with Crippen LogP contribution in [0.25, 0.3) is 0 Å². The Bertz CT molecular complexity index is 720. The van der Waals surface area contributed by atoms with Crippen molar-refractivity contribution < 1.29 is 20.1 Å². The number of hydrogen-bond acceptors (Lipinski definition) is 3. The van der Waals surface area contributed by atoms with E-state index in [2.05, 4.69) is 32.9 Å². The van der Waals surface area contributed by atoms with Crippen molar-refractivity contribution in [2.45, 2.75) is 59.8 Å². The molecule has 142 valence electrons. The van der Waals surface area contributed by atoms with E-state index in [-0.39, 0.29) is 29.0 Å². The number of phenolic OH excluding ortho intramolecular Hbond substituents is 2. The Morgan fingerprint density at radius 3 is 2.08 bits per heavy atom. The quantitative estimate of drug-likeness (QED) is 0.387. The van der Waals surface area contributed by atoms with Crippen molar-refractivity contribution in [1.82, 2.24) is 0 Å². The fourth-order valence-electron chi connectivity index (χ4n) is 2.65. The molecule has 0 saturated heterocycles. The standard InChI is InChI=1S/C22H30O4/c1-15(2)7-5-8-16(3)9-6-10-17(4)11-12-18-19(22(25)26)13-14-20(23)21(18)24/h7,9,11,13-14,23-24H,5-6,8,10,12H2,1-4H3,(H,25,26). The van der Waals surface area contributed by atoms with Crippen LogP contribution in [0.5, 0.6) is 11.5 Å². The molecule has 1 rings (SSSR count). The maximum atomic E-state index is 11.3. The predicted octanol–water partition coefficient (Wildman–Crippen LogP) is 5.76. The summed E-state index contributed by atoms with van der Waals surface area (Å²) in [4.78, 5) is 11.3. The number of carboxylic acids is 1. The summed E-state index contributed by atoms with van der Waals surface area (Å²) in [6.45, 7) is 8.34. The molecule has 0 aliphatic heterocycles. The first-order valence-corrected chi connectivity index (χ1v) is 8.94. The monoisotopic (exact) mass is 358 g/mol. The Labute approximate surface area is 156 Å². The number of aromatic hydroxyl groups is 2. The van der Waals surface area contributed by atoms with E-state index in [0.29, 0.717) is 0 Å². The second-order valence-electron chi connectivity index (χ2n) is 6.93. The third kappa shape index (κ3) is 7.18. The largest absolute Gasteiger partial charge is 0.504 e. The fraction of sp³-hybridized carbons (Fsp3) is 0.409. The number of carboxylic acid groups (broad SMARTS) is 1. The van der Waals surface area contributed by atoms with Gasteiger partial charge in [0.05, 0.1) is 5.56 Å². The lowest BCUT2D eigenvalue weighted by molar-refractivity contribution is 0.0695. The zero-order chi connectivity index (χ0) is 19.7. The highest BCUT2D eigenvalue weighted by molar-refractivity contribution is 5.90. The zero-order valence-corrected chi connectivity index (χ0v) is 16.2. The molecule has 0 amide bonds. The molecule has 0 radical (unpaired) electrons. The van der Waals surface area contributed by atoms with Crippen LogP contribution in [0.2, 0.25) is 0 Å². The average Bonchev–Trinajstić information content (AvgIpc) is 2.55. The zero-order valence-electron chi connectivity index (χ0n) is 16.2. The third-order valence-electron chi connectivity index (χ3n) is 4.27. The fourth-order valence-corrected chi connectivity index (χ4v) is 2.65. The summed E-state index contributed by atoms with van der Waals surface area (Å²) < 4.78 is 0. The lowest BCUT2D eigenvalue weighted by Crippen LogP contribution is -2.02. The Balaban J connectivity index is 2.66. The molecule has 4 heteroatoms. The summed E-state index contributed by atoms with van der Waals surface area (Å²) in [5.74, 6) is -1.77. The predicted molar refractivity (Wildman–Crippen MR) is 106 cm³/mol. The topological polar surface area (TPSA) is 77.8 Å². The SMILES string of the molecule is CC(C)=CCCC(C)=CCCC(C)=CCc1c(C(=O)O)ccc(O)c1O. The van der Waals surface area contributed by atoms with E-state index < -0.39 is 5.97 Å². The van der Waals surface area contributed by atoms with Crippen molar-refractivity contribution in [2.75, 3.05) is 0 Å². The minimum atomic E-state index is -1.11. The van der Waals surface area contributed by atoms with E-state index in [1.807, 2.05) is 13.0 Å². The smallest absolute Gasteiger partial charge is 0.336 e. The molecular formula is C22H30O4. The van der Waals surface area contributed by atoms with Crippen molar-refractivity contribution in [3.8, 4) is 11.5 Å². The summed E-state index contributed by atoms with van der Waals surface area (Å²) in [6, 6.07) is 2.51. The molecule has 1 aromatic carbocycles. The van der Waals surface area contributed by atoms with E-state index in [0.717, 1.165) is 31.3 Å². The van der Waals surface area contributed by atoms with Crippen molar-refractivity contribution >= 4 is 5.97 Å². The van der Waals surface area contributed by atoms with Crippen molar-refractivity contribution in [1.29, 1.82) is 0 Å². The van der Waals surface area contributed by atoms with E-state index in [1.54, 1.807) is 0 Å². The van der Waals surface area contributed by atoms with Gasteiger partial charge in [0.2, 0.25) is 0 Å². The molecule has 0 fully saturated rings. The molecule has 0 atom stereocenters. The lowest BCUT2D eigenvalue weighted by Gasteiger charge is -2.09. The maximum absolute atomic E-state index is 11.3. The van der Waals surface area contributed by atoms with Crippen LogP contribution in [0, 0.1) is 0 Å². The molecule has 1 aromatic rings. The number of aromatic carboxylic acids is 1. The van der Waals surface area contributed by atoms with Gasteiger partial charge < -0.3 is 15.3 Å². The van der Waals surface area contributed by atoms with E-state index in [9.17, 15) is 20.1 Å². The van der Waals surface area contributed by atoms with Crippen molar-refractivity contribution in [2.24, 2.45) is 0 Å². The van der Waals surface area contributed by atoms with Crippen LogP contribution in [0.3, 0.4) is 0 Å². The summed E-state index contributed by atoms with van der Waals surface area (Å²) >= 11 is 0. The summed E-state index contributed by atoms with van der Waals surface area (Å²) in [7, 11) is 0. The number of hydrogen-bond donors (Lipinski definition) is 3. The maximum Gasteiger partial charge on any atom is 0.336 e. The van der Waals surface area contributed by atoms with Gasteiger partial charge >= 0.3 is 5.97 Å². The van der Waals surface area contributed by atoms with Crippen LogP contribution < -0.4 is 0 Å². The van der Waals surface area contributed by atoms with E-state index >= 15 is 0 Å². The first-order valence-electron chi connectivity index (χ1n) is 8.94. The van der Waals surface area contributed by atoms with Crippen LogP contribution in [0.4, 0.5) is 0 Å². The van der Waals surface area contributed by atoms with Gasteiger partial charge in [-0.3, -0.25) is 0 Å². The minimum Gasteiger partial charge on any atom is -0.504 e. The van der Waals surface area contributed by atoms with Crippen molar-refractivity contribution in [3.63, 3.8) is 0 Å². The first kappa shape index (κ1) is 21.6. The molecule has 0 bridgehead atoms. The van der Waals surface area contributed by atoms with Crippen LogP contribution in [-0.2, 0) is 6.42 Å². The highest BCUT2D eigenvalue weighted by atomic mass is 16.4. The molecule has 0 spiro atoms.